The van der Waals surface area contributed by atoms with Gasteiger partial charge in [0.25, 0.3) is 0 Å². The van der Waals surface area contributed by atoms with Gasteiger partial charge in [0.1, 0.15) is 0 Å². The Bertz CT molecular complexity index is 1050. The zero-order chi connectivity index (χ0) is 27.6. The monoisotopic (exact) mass is 532 g/mol. The van der Waals surface area contributed by atoms with Gasteiger partial charge >= 0.3 is 0 Å². The third-order valence-corrected chi connectivity index (χ3v) is 13.0. The van der Waals surface area contributed by atoms with Gasteiger partial charge in [-0.15, -0.1) is 0 Å². The largest absolute Gasteiger partial charge is 0.414 e. The topological polar surface area (TPSA) is 53.3 Å². The van der Waals surface area contributed by atoms with Crippen LogP contribution in [0.15, 0.2) is 54.6 Å². The third kappa shape index (κ3) is 8.82. The van der Waals surface area contributed by atoms with E-state index >= 15 is 0 Å². The molecule has 0 bridgehead atoms. The Balaban J connectivity index is 1.67. The summed E-state index contributed by atoms with van der Waals surface area (Å²) in [6, 6.07) is 22.0. The normalized spacial score (nSPS) is 17.0. The summed E-state index contributed by atoms with van der Waals surface area (Å²) in [5.41, 5.74) is 3.80. The Morgan fingerprint density at radius 3 is 2.45 bits per heavy atom. The van der Waals surface area contributed by atoms with Crippen molar-refractivity contribution in [2.75, 3.05) is 6.54 Å². The van der Waals surface area contributed by atoms with Gasteiger partial charge in [0.15, 0.2) is 8.32 Å². The zero-order valence-corrected chi connectivity index (χ0v) is 25.3. The minimum atomic E-state index is -1.95. The van der Waals surface area contributed by atoms with Gasteiger partial charge in [-0.2, -0.15) is 5.26 Å². The van der Waals surface area contributed by atoms with Crippen LogP contribution < -0.4 is 0 Å². The minimum Gasteiger partial charge on any atom is -0.414 e. The van der Waals surface area contributed by atoms with Crippen LogP contribution in [0.3, 0.4) is 0 Å². The highest BCUT2D eigenvalue weighted by Crippen LogP contribution is 2.38. The number of hydrogen-bond acceptors (Lipinski definition) is 3. The molecule has 3 rings (SSSR count). The van der Waals surface area contributed by atoms with E-state index in [0.717, 1.165) is 57.9 Å². The van der Waals surface area contributed by atoms with Crippen molar-refractivity contribution in [3.05, 3.63) is 60.2 Å². The van der Waals surface area contributed by atoms with Crippen molar-refractivity contribution in [1.82, 2.24) is 4.90 Å². The number of hydrogen-bond donors (Lipinski definition) is 0. The quantitative estimate of drug-likeness (QED) is 0.181. The number of carbonyl (C=O) groups excluding carboxylic acids is 1. The average Bonchev–Trinajstić information content (AvgIpc) is 3.23. The summed E-state index contributed by atoms with van der Waals surface area (Å²) in [4.78, 5) is 14.8. The van der Waals surface area contributed by atoms with Gasteiger partial charge in [0, 0.05) is 31.5 Å². The summed E-state index contributed by atoms with van der Waals surface area (Å²) < 4.78 is 7.02. The molecule has 2 aromatic rings. The lowest BCUT2D eigenvalue weighted by molar-refractivity contribution is -0.129. The first-order valence-corrected chi connectivity index (χ1v) is 17.5. The Morgan fingerprint density at radius 2 is 1.74 bits per heavy atom. The summed E-state index contributed by atoms with van der Waals surface area (Å²) >= 11 is 0. The molecule has 1 heterocycles. The van der Waals surface area contributed by atoms with E-state index in [1.807, 2.05) is 0 Å². The van der Waals surface area contributed by atoms with Gasteiger partial charge in [-0.3, -0.25) is 4.79 Å². The number of carbonyl (C=O) groups is 1. The van der Waals surface area contributed by atoms with Crippen LogP contribution in [0.1, 0.15) is 84.1 Å². The molecule has 1 fully saturated rings. The minimum absolute atomic E-state index is 0.144. The third-order valence-electron chi connectivity index (χ3n) is 8.48. The predicted molar refractivity (Wildman–Crippen MR) is 160 cm³/mol. The summed E-state index contributed by atoms with van der Waals surface area (Å²) in [6.07, 6.45) is 9.44. The van der Waals surface area contributed by atoms with Gasteiger partial charge in [-0.05, 0) is 73.3 Å². The molecule has 0 saturated carbocycles. The van der Waals surface area contributed by atoms with Crippen molar-refractivity contribution < 1.29 is 9.22 Å². The summed E-state index contributed by atoms with van der Waals surface area (Å²) in [6.45, 7) is 12.5. The molecule has 0 aromatic heterocycles. The second kappa shape index (κ2) is 14.1. The lowest BCUT2D eigenvalue weighted by Crippen LogP contribution is -2.45. The van der Waals surface area contributed by atoms with Crippen LogP contribution in [0.4, 0.5) is 0 Å². The number of rotatable bonds is 14. The Labute approximate surface area is 232 Å². The van der Waals surface area contributed by atoms with Gasteiger partial charge in [-0.1, -0.05) is 88.2 Å². The Morgan fingerprint density at radius 1 is 1.03 bits per heavy atom. The number of nitriles is 1. The van der Waals surface area contributed by atoms with Crippen molar-refractivity contribution in [3.63, 3.8) is 0 Å². The van der Waals surface area contributed by atoms with Gasteiger partial charge in [0.05, 0.1) is 6.07 Å². The first-order valence-electron chi connectivity index (χ1n) is 14.6. The molecule has 206 valence electrons. The summed E-state index contributed by atoms with van der Waals surface area (Å²) in [5.74, 6) is 0.310. The van der Waals surface area contributed by atoms with Crippen molar-refractivity contribution in [2.24, 2.45) is 0 Å². The Kier molecular flexibility index (Phi) is 11.2. The number of likely N-dealkylation sites (tertiary alicyclic amines) is 1. The van der Waals surface area contributed by atoms with Gasteiger partial charge in [0.2, 0.25) is 5.91 Å². The molecule has 38 heavy (non-hydrogen) atoms. The molecule has 2 aromatic carbocycles. The molecule has 1 aliphatic rings. The molecule has 1 saturated heterocycles. The highest BCUT2D eigenvalue weighted by molar-refractivity contribution is 6.74. The van der Waals surface area contributed by atoms with Crippen LogP contribution in [-0.4, -0.2) is 37.8 Å². The van der Waals surface area contributed by atoms with Crippen LogP contribution in [0, 0.1) is 11.3 Å². The number of unbranched alkanes of at least 4 members (excludes halogenated alkanes) is 4. The van der Waals surface area contributed by atoms with E-state index in [2.05, 4.69) is 99.4 Å². The van der Waals surface area contributed by atoms with Crippen LogP contribution in [0.25, 0.3) is 11.1 Å². The van der Waals surface area contributed by atoms with Crippen molar-refractivity contribution >= 4 is 14.2 Å². The zero-order valence-electron chi connectivity index (χ0n) is 24.3. The highest BCUT2D eigenvalue weighted by Gasteiger charge is 2.39. The van der Waals surface area contributed by atoms with Crippen molar-refractivity contribution in [1.29, 1.82) is 5.26 Å². The van der Waals surface area contributed by atoms with Gasteiger partial charge in [-0.25, -0.2) is 0 Å². The molecule has 0 aliphatic carbocycles. The van der Waals surface area contributed by atoms with Crippen LogP contribution in [-0.2, 0) is 15.6 Å². The van der Waals surface area contributed by atoms with Crippen LogP contribution in [0.2, 0.25) is 18.1 Å². The van der Waals surface area contributed by atoms with E-state index in [0.29, 0.717) is 24.8 Å². The number of amides is 1. The van der Waals surface area contributed by atoms with Gasteiger partial charge < -0.3 is 9.33 Å². The van der Waals surface area contributed by atoms with E-state index in [9.17, 15) is 4.79 Å². The van der Waals surface area contributed by atoms with Crippen LogP contribution in [0.5, 0.6) is 0 Å². The standard InChI is InChI=1S/C33H48N2O2Si/c1-33(2,3)38(4,5)37-31(26-27-15-14-18-29(25-27)28-16-10-9-11-17-28)21-19-30-20-22-32(36)35(30)24-13-8-6-7-12-23-34/h9-11,14-18,25,30-31H,6-8,12-13,19-22,24,26H2,1-5H3. The maximum absolute atomic E-state index is 12.7. The maximum atomic E-state index is 12.7. The van der Waals surface area contributed by atoms with Crippen molar-refractivity contribution in [2.45, 2.75) is 115 Å². The van der Waals surface area contributed by atoms with E-state index in [1.54, 1.807) is 0 Å². The molecule has 1 aliphatic heterocycles. The molecular formula is C33H48N2O2Si. The molecule has 2 unspecified atom stereocenters. The smallest absolute Gasteiger partial charge is 0.222 e. The second-order valence-electron chi connectivity index (χ2n) is 12.5. The van der Waals surface area contributed by atoms with E-state index < -0.39 is 8.32 Å². The lowest BCUT2D eigenvalue weighted by Gasteiger charge is -2.40. The number of nitrogens with zero attached hydrogens (tertiary/aromatic N) is 2. The maximum Gasteiger partial charge on any atom is 0.222 e. The molecule has 0 radical (unpaired) electrons. The molecule has 0 spiro atoms. The fourth-order valence-electron chi connectivity index (χ4n) is 5.19. The van der Waals surface area contributed by atoms with E-state index in [4.69, 9.17) is 9.69 Å². The molecule has 4 nitrogen and oxygen atoms in total. The first kappa shape index (κ1) is 30.1. The molecule has 1 amide bonds. The fraction of sp³-hybridized carbons (Fsp3) is 0.576. The summed E-state index contributed by atoms with van der Waals surface area (Å²) in [5, 5.41) is 8.88. The van der Waals surface area contributed by atoms with E-state index in [1.165, 1.54) is 16.7 Å². The Hall–Kier alpha value is -2.42. The number of benzene rings is 2. The SMILES string of the molecule is CC(C)(C)[Si](C)(C)OC(CCC1CCC(=O)N1CCCCCCC#N)Cc1cccc(-c2ccccc2)c1. The van der Waals surface area contributed by atoms with Crippen molar-refractivity contribution in [3.8, 4) is 17.2 Å². The van der Waals surface area contributed by atoms with Crippen LogP contribution >= 0.6 is 0 Å². The lowest BCUT2D eigenvalue weighted by atomic mass is 9.97. The average molecular weight is 533 g/mol. The summed E-state index contributed by atoms with van der Waals surface area (Å²) in [7, 11) is -1.95. The molecule has 0 N–H and O–H groups in total. The van der Waals surface area contributed by atoms with E-state index in [-0.39, 0.29) is 11.1 Å². The first-order chi connectivity index (χ1) is 18.1. The predicted octanol–water partition coefficient (Wildman–Crippen LogP) is 8.53. The highest BCUT2D eigenvalue weighted by atomic mass is 28.4. The second-order valence-corrected chi connectivity index (χ2v) is 17.2. The molecule has 2 atom stereocenters. The fourth-order valence-corrected chi connectivity index (χ4v) is 6.57. The molecular weight excluding hydrogens is 484 g/mol. The molecule has 5 heteroatoms.